The second-order valence-corrected chi connectivity index (χ2v) is 5.90. The van der Waals surface area contributed by atoms with Gasteiger partial charge in [0.05, 0.1) is 20.8 Å². The normalized spacial score (nSPS) is 11.5. The number of methoxy groups -OCH3 is 2. The minimum Gasteiger partial charge on any atom is -0.497 e. The van der Waals surface area contributed by atoms with Crippen LogP contribution in [0.5, 0.6) is 17.2 Å². The Bertz CT molecular complexity index is 924. The molecule has 0 spiro atoms. The maximum absolute atomic E-state index is 12.2. The molecule has 1 amide bonds. The third-order valence-corrected chi connectivity index (χ3v) is 3.95. The molecular formula is C20H21N3O5. The summed E-state index contributed by atoms with van der Waals surface area (Å²) in [6.07, 6.45) is -0.686. The van der Waals surface area contributed by atoms with Crippen LogP contribution in [0.25, 0.3) is 11.4 Å². The Balaban J connectivity index is 1.54. The molecule has 0 fully saturated rings. The lowest BCUT2D eigenvalue weighted by molar-refractivity contribution is -0.127. The fraction of sp³-hybridized carbons (Fsp3) is 0.250. The molecule has 3 aromatic rings. The number of ether oxygens (including phenoxy) is 3. The van der Waals surface area contributed by atoms with Crippen LogP contribution >= 0.6 is 0 Å². The summed E-state index contributed by atoms with van der Waals surface area (Å²) < 4.78 is 21.1. The first kappa shape index (κ1) is 19.2. The second kappa shape index (κ2) is 8.90. The van der Waals surface area contributed by atoms with Gasteiger partial charge in [-0.2, -0.15) is 4.98 Å². The lowest BCUT2D eigenvalue weighted by atomic mass is 10.2. The van der Waals surface area contributed by atoms with E-state index >= 15 is 0 Å². The maximum Gasteiger partial charge on any atom is 0.261 e. The van der Waals surface area contributed by atoms with Crippen molar-refractivity contribution in [3.63, 3.8) is 0 Å². The Hall–Kier alpha value is -3.55. The third-order valence-electron chi connectivity index (χ3n) is 3.95. The quantitative estimate of drug-likeness (QED) is 0.639. The highest BCUT2D eigenvalue weighted by molar-refractivity contribution is 5.80. The zero-order valence-corrected chi connectivity index (χ0v) is 15.8. The van der Waals surface area contributed by atoms with Crippen molar-refractivity contribution in [2.45, 2.75) is 19.6 Å². The summed E-state index contributed by atoms with van der Waals surface area (Å²) in [5.41, 5.74) is 0.761. The zero-order chi connectivity index (χ0) is 19.9. The van der Waals surface area contributed by atoms with Crippen LogP contribution in [0, 0.1) is 0 Å². The highest BCUT2D eigenvalue weighted by atomic mass is 16.5. The molecule has 0 saturated heterocycles. The van der Waals surface area contributed by atoms with Gasteiger partial charge in [-0.25, -0.2) is 0 Å². The molecule has 146 valence electrons. The van der Waals surface area contributed by atoms with Gasteiger partial charge in [-0.3, -0.25) is 4.79 Å². The summed E-state index contributed by atoms with van der Waals surface area (Å²) in [5.74, 6) is 2.40. The summed E-state index contributed by atoms with van der Waals surface area (Å²) in [6, 6.07) is 14.3. The van der Waals surface area contributed by atoms with Crippen molar-refractivity contribution in [2.75, 3.05) is 14.2 Å². The molecule has 0 aliphatic heterocycles. The molecule has 0 aliphatic rings. The monoisotopic (exact) mass is 383 g/mol. The number of aromatic nitrogens is 2. The largest absolute Gasteiger partial charge is 0.497 e. The predicted molar refractivity (Wildman–Crippen MR) is 101 cm³/mol. The Kier molecular flexibility index (Phi) is 6.11. The second-order valence-electron chi connectivity index (χ2n) is 5.90. The van der Waals surface area contributed by atoms with E-state index in [-0.39, 0.29) is 12.5 Å². The molecule has 0 bridgehead atoms. The lowest BCUT2D eigenvalue weighted by Gasteiger charge is -2.14. The van der Waals surface area contributed by atoms with Crippen LogP contribution in [0.2, 0.25) is 0 Å². The first-order valence-electron chi connectivity index (χ1n) is 8.64. The van der Waals surface area contributed by atoms with Crippen molar-refractivity contribution in [1.29, 1.82) is 0 Å². The van der Waals surface area contributed by atoms with Crippen molar-refractivity contribution in [3.05, 3.63) is 54.4 Å². The molecule has 0 saturated carbocycles. The van der Waals surface area contributed by atoms with Crippen molar-refractivity contribution >= 4 is 5.91 Å². The summed E-state index contributed by atoms with van der Waals surface area (Å²) in [4.78, 5) is 16.5. The average Bonchev–Trinajstić information content (AvgIpc) is 3.21. The molecule has 0 aliphatic carbocycles. The lowest BCUT2D eigenvalue weighted by Crippen LogP contribution is -2.35. The van der Waals surface area contributed by atoms with E-state index in [0.717, 1.165) is 5.56 Å². The van der Waals surface area contributed by atoms with Crippen molar-refractivity contribution in [1.82, 2.24) is 15.5 Å². The number of rotatable bonds is 8. The van der Waals surface area contributed by atoms with Crippen molar-refractivity contribution < 1.29 is 23.5 Å². The zero-order valence-electron chi connectivity index (χ0n) is 15.8. The van der Waals surface area contributed by atoms with E-state index in [9.17, 15) is 4.79 Å². The van der Waals surface area contributed by atoms with Crippen molar-refractivity contribution in [2.24, 2.45) is 0 Å². The molecule has 8 heteroatoms. The van der Waals surface area contributed by atoms with E-state index in [0.29, 0.717) is 29.0 Å². The van der Waals surface area contributed by atoms with Gasteiger partial charge in [-0.05, 0) is 43.3 Å². The Labute approximate surface area is 162 Å². The number of amides is 1. The van der Waals surface area contributed by atoms with Gasteiger partial charge in [0.1, 0.15) is 17.2 Å². The van der Waals surface area contributed by atoms with Gasteiger partial charge in [-0.1, -0.05) is 17.3 Å². The number of nitrogens with zero attached hydrogens (tertiary/aromatic N) is 2. The highest BCUT2D eigenvalue weighted by Gasteiger charge is 2.16. The Morgan fingerprint density at radius 3 is 2.50 bits per heavy atom. The van der Waals surface area contributed by atoms with E-state index in [1.54, 1.807) is 51.5 Å². The van der Waals surface area contributed by atoms with Gasteiger partial charge < -0.3 is 24.1 Å². The van der Waals surface area contributed by atoms with Crippen LogP contribution in [-0.4, -0.2) is 36.4 Å². The number of nitrogens with one attached hydrogen (secondary N) is 1. The molecule has 1 aromatic heterocycles. The molecule has 8 nitrogen and oxygen atoms in total. The average molecular weight is 383 g/mol. The SMILES string of the molecule is COc1ccc(O[C@@H](C)C(=O)NCc2nc(-c3cccc(OC)c3)no2)cc1. The van der Waals surface area contributed by atoms with Gasteiger partial charge in [0.25, 0.3) is 5.91 Å². The smallest absolute Gasteiger partial charge is 0.261 e. The summed E-state index contributed by atoms with van der Waals surface area (Å²) in [6.45, 7) is 1.77. The summed E-state index contributed by atoms with van der Waals surface area (Å²) >= 11 is 0. The number of benzene rings is 2. The highest BCUT2D eigenvalue weighted by Crippen LogP contribution is 2.21. The van der Waals surface area contributed by atoms with Gasteiger partial charge >= 0.3 is 0 Å². The van der Waals surface area contributed by atoms with Crippen LogP contribution < -0.4 is 19.5 Å². The number of hydrogen-bond donors (Lipinski definition) is 1. The Morgan fingerprint density at radius 1 is 1.07 bits per heavy atom. The van der Waals surface area contributed by atoms with Crippen LogP contribution in [0.1, 0.15) is 12.8 Å². The van der Waals surface area contributed by atoms with Gasteiger partial charge in [0.2, 0.25) is 11.7 Å². The topological polar surface area (TPSA) is 95.7 Å². The van der Waals surface area contributed by atoms with Gasteiger partial charge in [0.15, 0.2) is 6.10 Å². The summed E-state index contributed by atoms with van der Waals surface area (Å²) in [7, 11) is 3.18. The standard InChI is InChI=1S/C20H21N3O5/c1-13(27-16-9-7-15(25-2)8-10-16)20(24)21-12-18-22-19(23-28-18)14-5-4-6-17(11-14)26-3/h4-11,13H,12H2,1-3H3,(H,21,24)/t13-/m0/s1. The molecule has 28 heavy (non-hydrogen) atoms. The molecule has 0 radical (unpaired) electrons. The molecule has 1 atom stereocenters. The third kappa shape index (κ3) is 4.79. The van der Waals surface area contributed by atoms with Crippen LogP contribution in [-0.2, 0) is 11.3 Å². The minimum atomic E-state index is -0.686. The van der Waals surface area contributed by atoms with E-state index < -0.39 is 6.10 Å². The van der Waals surface area contributed by atoms with E-state index in [4.69, 9.17) is 18.7 Å². The molecule has 1 heterocycles. The van der Waals surface area contributed by atoms with Crippen LogP contribution in [0.4, 0.5) is 0 Å². The summed E-state index contributed by atoms with van der Waals surface area (Å²) in [5, 5.41) is 6.65. The molecular weight excluding hydrogens is 362 g/mol. The minimum absolute atomic E-state index is 0.103. The van der Waals surface area contributed by atoms with Crippen LogP contribution in [0.3, 0.4) is 0 Å². The molecule has 1 N–H and O–H groups in total. The predicted octanol–water partition coefficient (Wildman–Crippen LogP) is 2.84. The fourth-order valence-electron chi connectivity index (χ4n) is 2.42. The fourth-order valence-corrected chi connectivity index (χ4v) is 2.42. The van der Waals surface area contributed by atoms with Gasteiger partial charge in [-0.15, -0.1) is 0 Å². The van der Waals surface area contributed by atoms with Gasteiger partial charge in [0, 0.05) is 5.56 Å². The number of hydrogen-bond acceptors (Lipinski definition) is 7. The van der Waals surface area contributed by atoms with Crippen LogP contribution in [0.15, 0.2) is 53.1 Å². The molecule has 3 rings (SSSR count). The molecule has 0 unspecified atom stereocenters. The van der Waals surface area contributed by atoms with E-state index in [1.807, 2.05) is 18.2 Å². The van der Waals surface area contributed by atoms with E-state index in [2.05, 4.69) is 15.5 Å². The molecule has 2 aromatic carbocycles. The first-order chi connectivity index (χ1) is 13.6. The van der Waals surface area contributed by atoms with E-state index in [1.165, 1.54) is 0 Å². The number of carbonyl (C=O) groups is 1. The number of carbonyl (C=O) groups excluding carboxylic acids is 1. The van der Waals surface area contributed by atoms with Crippen molar-refractivity contribution in [3.8, 4) is 28.6 Å². The Morgan fingerprint density at radius 2 is 1.79 bits per heavy atom. The maximum atomic E-state index is 12.2. The first-order valence-corrected chi connectivity index (χ1v) is 8.64.